The van der Waals surface area contributed by atoms with Crippen molar-refractivity contribution in [3.63, 3.8) is 0 Å². The third-order valence-electron chi connectivity index (χ3n) is 3.46. The van der Waals surface area contributed by atoms with E-state index in [-0.39, 0.29) is 0 Å². The lowest BCUT2D eigenvalue weighted by molar-refractivity contribution is -0.146. The number of hydrogen-bond donors (Lipinski definition) is 1. The zero-order valence-electron chi connectivity index (χ0n) is 10.7. The first-order valence-corrected chi connectivity index (χ1v) is 6.46. The minimum absolute atomic E-state index is 0.398. The maximum absolute atomic E-state index is 12.3. The fraction of sp³-hybridized carbons (Fsp3) is 1.00. The number of hydrogen-bond acceptors (Lipinski definition) is 2. The Kier molecular flexibility index (Phi) is 5.73. The van der Waals surface area contributed by atoms with Crippen molar-refractivity contribution in [2.45, 2.75) is 57.8 Å². The van der Waals surface area contributed by atoms with Crippen LogP contribution in [0.3, 0.4) is 0 Å². The molecule has 0 spiro atoms. The van der Waals surface area contributed by atoms with E-state index >= 15 is 0 Å². The maximum Gasteiger partial charge on any atom is 0.390 e. The summed E-state index contributed by atoms with van der Waals surface area (Å²) in [5.41, 5.74) is 0. The van der Waals surface area contributed by atoms with Gasteiger partial charge in [0, 0.05) is 12.1 Å². The average molecular weight is 252 g/mol. The second kappa shape index (κ2) is 6.59. The third-order valence-corrected chi connectivity index (χ3v) is 3.46. The molecule has 0 aromatic carbocycles. The minimum atomic E-state index is -4.05. The van der Waals surface area contributed by atoms with Crippen LogP contribution in [0, 0.1) is 0 Å². The summed E-state index contributed by atoms with van der Waals surface area (Å²) in [6.45, 7) is 6.24. The number of halogens is 3. The van der Waals surface area contributed by atoms with Gasteiger partial charge in [-0.3, -0.25) is 0 Å². The molecule has 0 radical (unpaired) electrons. The van der Waals surface area contributed by atoms with Gasteiger partial charge in [0.05, 0.1) is 6.42 Å². The lowest BCUT2D eigenvalue weighted by Gasteiger charge is -2.33. The Labute approximate surface area is 102 Å². The molecule has 1 rings (SSSR count). The van der Waals surface area contributed by atoms with Crippen molar-refractivity contribution in [3.8, 4) is 0 Å². The van der Waals surface area contributed by atoms with Crippen molar-refractivity contribution >= 4 is 0 Å². The molecule has 0 aromatic rings. The molecule has 0 aliphatic carbocycles. The van der Waals surface area contributed by atoms with Crippen molar-refractivity contribution in [2.24, 2.45) is 0 Å². The van der Waals surface area contributed by atoms with E-state index in [4.69, 9.17) is 0 Å². The quantitative estimate of drug-likeness (QED) is 0.831. The monoisotopic (exact) mass is 252 g/mol. The van der Waals surface area contributed by atoms with Gasteiger partial charge < -0.3 is 10.2 Å². The summed E-state index contributed by atoms with van der Waals surface area (Å²) in [4.78, 5) is 1.98. The molecule has 1 fully saturated rings. The molecule has 1 aliphatic rings. The van der Waals surface area contributed by atoms with Gasteiger partial charge in [0.1, 0.15) is 0 Å². The van der Waals surface area contributed by atoms with Crippen molar-refractivity contribution in [1.82, 2.24) is 10.2 Å². The summed E-state index contributed by atoms with van der Waals surface area (Å²) in [5, 5.41) is 3.43. The van der Waals surface area contributed by atoms with Crippen LogP contribution < -0.4 is 5.32 Å². The fourth-order valence-corrected chi connectivity index (χ4v) is 2.38. The molecular formula is C12H23F3N2. The van der Waals surface area contributed by atoms with Gasteiger partial charge in [0.25, 0.3) is 0 Å². The van der Waals surface area contributed by atoms with E-state index in [0.29, 0.717) is 6.04 Å². The highest BCUT2D eigenvalue weighted by atomic mass is 19.4. The summed E-state index contributed by atoms with van der Waals surface area (Å²) in [6.07, 6.45) is -1.83. The number of nitrogens with zero attached hydrogens (tertiary/aromatic N) is 1. The second-order valence-electron chi connectivity index (χ2n) is 4.91. The van der Waals surface area contributed by atoms with Crippen LogP contribution >= 0.6 is 0 Å². The smallest absolute Gasteiger partial charge is 0.314 e. The molecule has 1 aliphatic heterocycles. The van der Waals surface area contributed by atoms with Gasteiger partial charge in [-0.15, -0.1) is 0 Å². The molecular weight excluding hydrogens is 229 g/mol. The lowest BCUT2D eigenvalue weighted by Crippen LogP contribution is -2.44. The normalized spacial score (nSPS) is 26.3. The Morgan fingerprint density at radius 2 is 2.06 bits per heavy atom. The summed E-state index contributed by atoms with van der Waals surface area (Å²) < 4.78 is 37.0. The molecule has 5 heteroatoms. The molecule has 1 heterocycles. The first kappa shape index (κ1) is 14.8. The number of rotatable bonds is 3. The molecule has 2 unspecified atom stereocenters. The van der Waals surface area contributed by atoms with Crippen molar-refractivity contribution < 1.29 is 13.2 Å². The zero-order chi connectivity index (χ0) is 12.9. The average Bonchev–Trinajstić information content (AvgIpc) is 2.14. The highest BCUT2D eigenvalue weighted by Gasteiger charge is 2.32. The van der Waals surface area contributed by atoms with Gasteiger partial charge in [-0.05, 0) is 45.8 Å². The Bertz CT molecular complexity index is 218. The maximum atomic E-state index is 12.3. The third kappa shape index (κ3) is 5.73. The van der Waals surface area contributed by atoms with Crippen molar-refractivity contribution in [1.29, 1.82) is 0 Å². The largest absolute Gasteiger partial charge is 0.390 e. The Balaban J connectivity index is 2.45. The lowest BCUT2D eigenvalue weighted by atomic mass is 10.1. The molecule has 1 N–H and O–H groups in total. The molecule has 0 bridgehead atoms. The first-order chi connectivity index (χ1) is 7.92. The first-order valence-electron chi connectivity index (χ1n) is 6.46. The van der Waals surface area contributed by atoms with Crippen molar-refractivity contribution in [2.75, 3.05) is 19.6 Å². The summed E-state index contributed by atoms with van der Waals surface area (Å²) >= 11 is 0. The van der Waals surface area contributed by atoms with E-state index in [2.05, 4.69) is 12.2 Å². The van der Waals surface area contributed by atoms with Gasteiger partial charge >= 0.3 is 6.18 Å². The van der Waals surface area contributed by atoms with Crippen LogP contribution in [0.5, 0.6) is 0 Å². The van der Waals surface area contributed by atoms with Crippen LogP contribution in [0.25, 0.3) is 0 Å². The van der Waals surface area contributed by atoms with E-state index in [0.717, 1.165) is 38.9 Å². The topological polar surface area (TPSA) is 15.3 Å². The van der Waals surface area contributed by atoms with Crippen LogP contribution in [0.2, 0.25) is 0 Å². The fourth-order valence-electron chi connectivity index (χ4n) is 2.38. The molecule has 102 valence electrons. The van der Waals surface area contributed by atoms with E-state index < -0.39 is 18.6 Å². The summed E-state index contributed by atoms with van der Waals surface area (Å²) in [5.74, 6) is 0. The molecule has 0 saturated carbocycles. The van der Waals surface area contributed by atoms with Gasteiger partial charge in [0.15, 0.2) is 0 Å². The van der Waals surface area contributed by atoms with Gasteiger partial charge in [0.2, 0.25) is 0 Å². The van der Waals surface area contributed by atoms with E-state index in [9.17, 15) is 13.2 Å². The van der Waals surface area contributed by atoms with Crippen LogP contribution in [0.1, 0.15) is 39.5 Å². The Morgan fingerprint density at radius 3 is 2.65 bits per heavy atom. The van der Waals surface area contributed by atoms with Gasteiger partial charge in [-0.2, -0.15) is 13.2 Å². The number of alkyl halides is 3. The molecule has 0 amide bonds. The SMILES string of the molecule is CCC1CCN(C(C)CC(F)(F)F)CCCN1. The van der Waals surface area contributed by atoms with Crippen LogP contribution in [0.4, 0.5) is 13.2 Å². The second-order valence-corrected chi connectivity index (χ2v) is 4.91. The molecule has 0 aromatic heterocycles. The van der Waals surface area contributed by atoms with Gasteiger partial charge in [-0.25, -0.2) is 0 Å². The highest BCUT2D eigenvalue weighted by Crippen LogP contribution is 2.24. The Hall–Kier alpha value is -0.290. The molecule has 1 saturated heterocycles. The van der Waals surface area contributed by atoms with E-state index in [1.54, 1.807) is 6.92 Å². The number of nitrogens with one attached hydrogen (secondary N) is 1. The summed E-state index contributed by atoms with van der Waals surface area (Å²) in [7, 11) is 0. The predicted octanol–water partition coefficient (Wildman–Crippen LogP) is 2.79. The minimum Gasteiger partial charge on any atom is -0.314 e. The van der Waals surface area contributed by atoms with E-state index in [1.807, 2.05) is 4.90 Å². The highest BCUT2D eigenvalue weighted by molar-refractivity contribution is 4.77. The zero-order valence-corrected chi connectivity index (χ0v) is 10.7. The molecule has 2 nitrogen and oxygen atoms in total. The van der Waals surface area contributed by atoms with Crippen LogP contribution in [-0.2, 0) is 0 Å². The molecule has 17 heavy (non-hydrogen) atoms. The van der Waals surface area contributed by atoms with Crippen molar-refractivity contribution in [3.05, 3.63) is 0 Å². The van der Waals surface area contributed by atoms with Crippen LogP contribution in [0.15, 0.2) is 0 Å². The summed E-state index contributed by atoms with van der Waals surface area (Å²) in [6, 6.07) is 0.0569. The Morgan fingerprint density at radius 1 is 1.35 bits per heavy atom. The molecule has 2 atom stereocenters. The van der Waals surface area contributed by atoms with E-state index in [1.165, 1.54) is 0 Å². The van der Waals surface area contributed by atoms with Gasteiger partial charge in [-0.1, -0.05) is 6.92 Å². The predicted molar refractivity (Wildman–Crippen MR) is 63.0 cm³/mol. The standard InChI is InChI=1S/C12H23F3N2/c1-3-11-5-8-17(7-4-6-16-11)10(2)9-12(13,14)15/h10-11,16H,3-9H2,1-2H3. The van der Waals surface area contributed by atoms with Crippen LogP contribution in [-0.4, -0.2) is 42.8 Å².